The molecule has 1 aromatic heterocycles. The molecule has 1 atom stereocenters. The Kier molecular flexibility index (Phi) is 6.63. The summed E-state index contributed by atoms with van der Waals surface area (Å²) >= 11 is 1.49. The van der Waals surface area contributed by atoms with Crippen LogP contribution in [0.4, 0.5) is 10.5 Å². The molecule has 0 aliphatic carbocycles. The summed E-state index contributed by atoms with van der Waals surface area (Å²) in [7, 11) is 0. The average Bonchev–Trinajstić information content (AvgIpc) is 3.21. The Morgan fingerprint density at radius 3 is 2.34 bits per heavy atom. The smallest absolute Gasteiger partial charge is 0.415 e. The predicted octanol–water partition coefficient (Wildman–Crippen LogP) is 5.28. The lowest BCUT2D eigenvalue weighted by molar-refractivity contribution is -0.133. The molecule has 1 aliphatic rings. The Bertz CT molecular complexity index is 806. The summed E-state index contributed by atoms with van der Waals surface area (Å²) in [6.45, 7) is 8.68. The van der Waals surface area contributed by atoms with Gasteiger partial charge in [-0.05, 0) is 63.5 Å². The topological polar surface area (TPSA) is 49.9 Å². The molecule has 0 saturated carbocycles. The van der Waals surface area contributed by atoms with Crippen molar-refractivity contribution in [2.75, 3.05) is 18.0 Å². The van der Waals surface area contributed by atoms with Gasteiger partial charge in [-0.15, -0.1) is 0 Å². The normalized spacial score (nSPS) is 16.3. The van der Waals surface area contributed by atoms with Gasteiger partial charge in [-0.2, -0.15) is 11.3 Å². The van der Waals surface area contributed by atoms with Gasteiger partial charge in [-0.1, -0.05) is 30.3 Å². The summed E-state index contributed by atoms with van der Waals surface area (Å²) in [6, 6.07) is 11.7. The SMILES string of the molecule is CC(C(=O)N1CCC(c2ccccc2)CC1)N(C(=O)OC(C)(C)C)c1ccsc1. The molecule has 0 spiro atoms. The highest BCUT2D eigenvalue weighted by atomic mass is 32.1. The van der Waals surface area contributed by atoms with Crippen molar-refractivity contribution in [3.8, 4) is 0 Å². The summed E-state index contributed by atoms with van der Waals surface area (Å²) in [5, 5.41) is 3.77. The number of amides is 2. The molecule has 1 unspecified atom stereocenters. The zero-order valence-corrected chi connectivity index (χ0v) is 18.4. The number of carbonyl (C=O) groups is 2. The fraction of sp³-hybridized carbons (Fsp3) is 0.478. The molecule has 0 N–H and O–H groups in total. The zero-order chi connectivity index (χ0) is 21.0. The number of ether oxygens (including phenoxy) is 1. The van der Waals surface area contributed by atoms with Crippen molar-refractivity contribution in [2.24, 2.45) is 0 Å². The third kappa shape index (κ3) is 5.38. The van der Waals surface area contributed by atoms with E-state index >= 15 is 0 Å². The Balaban J connectivity index is 1.69. The molecule has 5 nitrogen and oxygen atoms in total. The molecule has 3 rings (SSSR count). The summed E-state index contributed by atoms with van der Waals surface area (Å²) in [5.41, 5.74) is 1.41. The molecular formula is C23H30N2O3S. The van der Waals surface area contributed by atoms with Crippen molar-refractivity contribution in [1.29, 1.82) is 0 Å². The van der Waals surface area contributed by atoms with Crippen LogP contribution in [0.25, 0.3) is 0 Å². The number of likely N-dealkylation sites (tertiary alicyclic amines) is 1. The van der Waals surface area contributed by atoms with Crippen LogP contribution in [0.5, 0.6) is 0 Å². The largest absolute Gasteiger partial charge is 0.443 e. The van der Waals surface area contributed by atoms with Crippen molar-refractivity contribution in [1.82, 2.24) is 4.90 Å². The highest BCUT2D eigenvalue weighted by Gasteiger charge is 2.35. The molecule has 6 heteroatoms. The lowest BCUT2D eigenvalue weighted by atomic mass is 9.89. The summed E-state index contributed by atoms with van der Waals surface area (Å²) in [6.07, 6.45) is 1.39. The van der Waals surface area contributed by atoms with E-state index in [1.54, 1.807) is 6.92 Å². The first-order valence-corrected chi connectivity index (χ1v) is 11.1. The fourth-order valence-electron chi connectivity index (χ4n) is 3.73. The number of benzene rings is 1. The number of hydrogen-bond donors (Lipinski definition) is 0. The van der Waals surface area contributed by atoms with Crippen molar-refractivity contribution in [2.45, 2.75) is 58.1 Å². The van der Waals surface area contributed by atoms with Crippen molar-refractivity contribution < 1.29 is 14.3 Å². The minimum absolute atomic E-state index is 0.0337. The van der Waals surface area contributed by atoms with Crippen LogP contribution in [0, 0.1) is 0 Å². The van der Waals surface area contributed by atoms with Crippen molar-refractivity contribution in [3.63, 3.8) is 0 Å². The molecule has 1 saturated heterocycles. The van der Waals surface area contributed by atoms with E-state index in [1.807, 2.05) is 48.6 Å². The van der Waals surface area contributed by atoms with Gasteiger partial charge in [0.15, 0.2) is 0 Å². The van der Waals surface area contributed by atoms with Crippen LogP contribution in [0.1, 0.15) is 52.0 Å². The van der Waals surface area contributed by atoms with Crippen LogP contribution in [0.3, 0.4) is 0 Å². The van der Waals surface area contributed by atoms with Gasteiger partial charge in [-0.25, -0.2) is 4.79 Å². The van der Waals surface area contributed by atoms with Crippen molar-refractivity contribution in [3.05, 3.63) is 52.7 Å². The number of rotatable bonds is 4. The Morgan fingerprint density at radius 2 is 1.79 bits per heavy atom. The summed E-state index contributed by atoms with van der Waals surface area (Å²) < 4.78 is 5.58. The minimum atomic E-state index is -0.623. The first-order chi connectivity index (χ1) is 13.8. The second kappa shape index (κ2) is 8.99. The van der Waals surface area contributed by atoms with Crippen LogP contribution in [0.15, 0.2) is 47.2 Å². The molecular weight excluding hydrogens is 384 g/mol. The van der Waals surface area contributed by atoms with E-state index in [0.717, 1.165) is 12.8 Å². The number of hydrogen-bond acceptors (Lipinski definition) is 4. The fourth-order valence-corrected chi connectivity index (χ4v) is 4.35. The van der Waals surface area contributed by atoms with Crippen LogP contribution in [-0.2, 0) is 9.53 Å². The van der Waals surface area contributed by atoms with E-state index in [0.29, 0.717) is 24.7 Å². The molecule has 1 aromatic carbocycles. The second-order valence-electron chi connectivity index (χ2n) is 8.52. The van der Waals surface area contributed by atoms with Gasteiger partial charge in [-0.3, -0.25) is 9.69 Å². The first-order valence-electron chi connectivity index (χ1n) is 10.1. The maximum Gasteiger partial charge on any atom is 0.415 e. The Labute approximate surface area is 177 Å². The van der Waals surface area contributed by atoms with Crippen LogP contribution in [0.2, 0.25) is 0 Å². The standard InChI is InChI=1S/C23H30N2O3S/c1-17(25(20-12-15-29-16-20)22(27)28-23(2,3)4)21(26)24-13-10-19(11-14-24)18-8-6-5-7-9-18/h5-9,12,15-17,19H,10-11,13-14H2,1-4H3. The number of nitrogens with zero attached hydrogens (tertiary/aromatic N) is 2. The van der Waals surface area contributed by atoms with Gasteiger partial charge in [0, 0.05) is 18.5 Å². The quantitative estimate of drug-likeness (QED) is 0.683. The number of piperidine rings is 1. The first kappa shape index (κ1) is 21.4. The molecule has 2 aromatic rings. The molecule has 2 heterocycles. The van der Waals surface area contributed by atoms with Crippen LogP contribution >= 0.6 is 11.3 Å². The van der Waals surface area contributed by atoms with E-state index in [1.165, 1.54) is 21.8 Å². The lowest BCUT2D eigenvalue weighted by Gasteiger charge is -2.37. The molecule has 0 bridgehead atoms. The van der Waals surface area contributed by atoms with Gasteiger partial charge in [0.1, 0.15) is 11.6 Å². The van der Waals surface area contributed by atoms with E-state index in [4.69, 9.17) is 4.74 Å². The average molecular weight is 415 g/mol. The molecule has 2 amide bonds. The maximum atomic E-state index is 13.2. The molecule has 1 aliphatic heterocycles. The van der Waals surface area contributed by atoms with Crippen LogP contribution in [-0.4, -0.2) is 41.6 Å². The van der Waals surface area contributed by atoms with Crippen LogP contribution < -0.4 is 4.90 Å². The highest BCUT2D eigenvalue weighted by molar-refractivity contribution is 7.08. The Morgan fingerprint density at radius 1 is 1.14 bits per heavy atom. The second-order valence-corrected chi connectivity index (χ2v) is 9.30. The molecule has 1 fully saturated rings. The molecule has 0 radical (unpaired) electrons. The van der Waals surface area contributed by atoms with Gasteiger partial charge < -0.3 is 9.64 Å². The van der Waals surface area contributed by atoms with Gasteiger partial charge in [0.05, 0.1) is 5.69 Å². The van der Waals surface area contributed by atoms with E-state index in [9.17, 15) is 9.59 Å². The van der Waals surface area contributed by atoms with Gasteiger partial charge >= 0.3 is 6.09 Å². The van der Waals surface area contributed by atoms with E-state index < -0.39 is 17.7 Å². The Hall–Kier alpha value is -2.34. The number of carbonyl (C=O) groups excluding carboxylic acids is 2. The summed E-state index contributed by atoms with van der Waals surface area (Å²) in [5.74, 6) is 0.447. The maximum absolute atomic E-state index is 13.2. The van der Waals surface area contributed by atoms with Gasteiger partial charge in [0.2, 0.25) is 5.91 Å². The molecule has 156 valence electrons. The zero-order valence-electron chi connectivity index (χ0n) is 17.6. The molecule has 29 heavy (non-hydrogen) atoms. The lowest BCUT2D eigenvalue weighted by Crippen LogP contribution is -2.52. The van der Waals surface area contributed by atoms with Gasteiger partial charge in [0.25, 0.3) is 0 Å². The summed E-state index contributed by atoms with van der Waals surface area (Å²) in [4.78, 5) is 29.5. The van der Waals surface area contributed by atoms with E-state index in [-0.39, 0.29) is 5.91 Å². The number of thiophene rings is 1. The third-order valence-corrected chi connectivity index (χ3v) is 5.87. The van der Waals surface area contributed by atoms with Crippen molar-refractivity contribution >= 4 is 29.0 Å². The monoisotopic (exact) mass is 414 g/mol. The highest BCUT2D eigenvalue weighted by Crippen LogP contribution is 2.29. The predicted molar refractivity (Wildman–Crippen MR) is 117 cm³/mol. The number of anilines is 1. The third-order valence-electron chi connectivity index (χ3n) is 5.20. The minimum Gasteiger partial charge on any atom is -0.443 e. The van der Waals surface area contributed by atoms with E-state index in [2.05, 4.69) is 24.3 Å².